The smallest absolute Gasteiger partial charge is 0.276 e. The van der Waals surface area contributed by atoms with E-state index in [1.54, 1.807) is 30.7 Å². The molecule has 4 rings (SSSR count). The molecule has 1 aromatic carbocycles. The maximum Gasteiger partial charge on any atom is 0.276 e. The first-order valence-corrected chi connectivity index (χ1v) is 8.41. The number of carbonyl (C=O) groups excluding carboxylic acids is 1. The van der Waals surface area contributed by atoms with E-state index in [2.05, 4.69) is 30.8 Å². The van der Waals surface area contributed by atoms with Crippen molar-refractivity contribution in [3.05, 3.63) is 84.4 Å². The van der Waals surface area contributed by atoms with Crippen molar-refractivity contribution in [1.82, 2.24) is 20.2 Å². The Labute approximate surface area is 155 Å². The van der Waals surface area contributed by atoms with Crippen molar-refractivity contribution < 1.29 is 4.79 Å². The van der Waals surface area contributed by atoms with Crippen LogP contribution < -0.4 is 10.6 Å². The molecule has 0 aliphatic heterocycles. The molecule has 1 amide bonds. The monoisotopic (exact) mass is 356 g/mol. The Morgan fingerprint density at radius 3 is 2.63 bits per heavy atom. The van der Waals surface area contributed by atoms with Crippen LogP contribution in [-0.4, -0.2) is 26.1 Å². The molecule has 0 fully saturated rings. The first-order chi connectivity index (χ1) is 13.3. The summed E-state index contributed by atoms with van der Waals surface area (Å²) in [6.07, 6.45) is 5.20. The number of aromatic nitrogens is 4. The molecular weight excluding hydrogens is 340 g/mol. The lowest BCUT2D eigenvalue weighted by molar-refractivity contribution is 0.102. The number of para-hydroxylation sites is 1. The van der Waals surface area contributed by atoms with Gasteiger partial charge in [0.05, 0.1) is 11.2 Å². The van der Waals surface area contributed by atoms with Gasteiger partial charge in [-0.1, -0.05) is 24.3 Å². The van der Waals surface area contributed by atoms with E-state index in [1.807, 2.05) is 42.5 Å². The molecule has 7 nitrogen and oxygen atoms in total. The molecule has 27 heavy (non-hydrogen) atoms. The molecular formula is C20H16N6O. The molecule has 0 atom stereocenters. The Morgan fingerprint density at radius 1 is 0.926 bits per heavy atom. The van der Waals surface area contributed by atoms with E-state index < -0.39 is 0 Å². The minimum absolute atomic E-state index is 0.231. The number of fused-ring (bicyclic) bond motifs is 1. The number of hydrogen-bond acceptors (Lipinski definition) is 6. The number of pyridine rings is 2. The molecule has 3 heterocycles. The number of anilines is 2. The van der Waals surface area contributed by atoms with Crippen LogP contribution in [0.1, 0.15) is 16.1 Å². The number of amides is 1. The summed E-state index contributed by atoms with van der Waals surface area (Å²) in [6.45, 7) is 0.579. The summed E-state index contributed by atoms with van der Waals surface area (Å²) < 4.78 is 0. The minimum atomic E-state index is -0.334. The molecule has 132 valence electrons. The fraction of sp³-hybridized carbons (Fsp3) is 0.0500. The lowest BCUT2D eigenvalue weighted by Gasteiger charge is -2.08. The van der Waals surface area contributed by atoms with Crippen molar-refractivity contribution in [2.75, 3.05) is 10.6 Å². The van der Waals surface area contributed by atoms with Crippen LogP contribution >= 0.6 is 0 Å². The summed E-state index contributed by atoms with van der Waals surface area (Å²) in [5, 5.41) is 15.0. The van der Waals surface area contributed by atoms with E-state index in [9.17, 15) is 4.79 Å². The van der Waals surface area contributed by atoms with Gasteiger partial charge in [-0.15, -0.1) is 10.2 Å². The van der Waals surface area contributed by atoms with Crippen molar-refractivity contribution in [3.63, 3.8) is 0 Å². The van der Waals surface area contributed by atoms with Gasteiger partial charge in [-0.05, 0) is 35.9 Å². The second kappa shape index (κ2) is 7.57. The molecule has 0 radical (unpaired) electrons. The molecule has 7 heteroatoms. The average molecular weight is 356 g/mol. The molecule has 0 aliphatic carbocycles. The number of hydrogen-bond donors (Lipinski definition) is 2. The third-order valence-electron chi connectivity index (χ3n) is 3.97. The standard InChI is InChI=1S/C20H16N6O/c27-20(24-16-7-1-5-15-6-3-11-22-19(15)16)17-8-9-18(26-25-17)23-13-14-4-2-10-21-12-14/h1-12H,13H2,(H,23,26)(H,24,27). The van der Waals surface area contributed by atoms with Gasteiger partial charge in [0, 0.05) is 30.5 Å². The second-order valence-corrected chi connectivity index (χ2v) is 5.85. The number of rotatable bonds is 5. The Balaban J connectivity index is 1.44. The number of carbonyl (C=O) groups is 1. The molecule has 0 unspecified atom stereocenters. The van der Waals surface area contributed by atoms with Crippen molar-refractivity contribution in [2.45, 2.75) is 6.54 Å². The normalized spacial score (nSPS) is 10.5. The van der Waals surface area contributed by atoms with Crippen LogP contribution in [0.3, 0.4) is 0 Å². The van der Waals surface area contributed by atoms with Crippen LogP contribution in [0.5, 0.6) is 0 Å². The average Bonchev–Trinajstić information content (AvgIpc) is 2.74. The molecule has 0 aliphatic rings. The summed E-state index contributed by atoms with van der Waals surface area (Å²) in [5.41, 5.74) is 2.63. The third-order valence-corrected chi connectivity index (χ3v) is 3.97. The quantitative estimate of drug-likeness (QED) is 0.570. The maximum absolute atomic E-state index is 12.5. The largest absolute Gasteiger partial charge is 0.364 e. The van der Waals surface area contributed by atoms with Gasteiger partial charge in [0.1, 0.15) is 5.82 Å². The summed E-state index contributed by atoms with van der Waals surface area (Å²) in [7, 11) is 0. The van der Waals surface area contributed by atoms with E-state index in [4.69, 9.17) is 0 Å². The fourth-order valence-corrected chi connectivity index (χ4v) is 2.63. The van der Waals surface area contributed by atoms with Gasteiger partial charge in [0.2, 0.25) is 0 Å². The van der Waals surface area contributed by atoms with Crippen LogP contribution in [0.2, 0.25) is 0 Å². The van der Waals surface area contributed by atoms with Crippen LogP contribution in [0, 0.1) is 0 Å². The van der Waals surface area contributed by atoms with Gasteiger partial charge < -0.3 is 10.6 Å². The molecule has 3 aromatic heterocycles. The number of nitrogens with zero attached hydrogens (tertiary/aromatic N) is 4. The Hall–Kier alpha value is -3.87. The van der Waals surface area contributed by atoms with Gasteiger partial charge in [0.25, 0.3) is 5.91 Å². The second-order valence-electron chi connectivity index (χ2n) is 5.85. The van der Waals surface area contributed by atoms with Crippen molar-refractivity contribution >= 4 is 28.3 Å². The summed E-state index contributed by atoms with van der Waals surface area (Å²) in [4.78, 5) is 20.9. The van der Waals surface area contributed by atoms with E-state index in [0.29, 0.717) is 18.1 Å². The van der Waals surface area contributed by atoms with E-state index in [0.717, 1.165) is 16.5 Å². The molecule has 0 saturated heterocycles. The molecule has 0 bridgehead atoms. The third kappa shape index (κ3) is 3.87. The van der Waals surface area contributed by atoms with Crippen LogP contribution in [-0.2, 0) is 6.54 Å². The molecule has 2 N–H and O–H groups in total. The Bertz CT molecular complexity index is 1060. The van der Waals surface area contributed by atoms with E-state index >= 15 is 0 Å². The van der Waals surface area contributed by atoms with Gasteiger partial charge in [0.15, 0.2) is 5.69 Å². The van der Waals surface area contributed by atoms with Crippen LogP contribution in [0.25, 0.3) is 10.9 Å². The van der Waals surface area contributed by atoms with E-state index in [1.165, 1.54) is 0 Å². The number of nitrogens with one attached hydrogen (secondary N) is 2. The van der Waals surface area contributed by atoms with Gasteiger partial charge >= 0.3 is 0 Å². The maximum atomic E-state index is 12.5. The molecule has 0 saturated carbocycles. The first-order valence-electron chi connectivity index (χ1n) is 8.41. The SMILES string of the molecule is O=C(Nc1cccc2cccnc12)c1ccc(NCc2cccnc2)nn1. The predicted molar refractivity (Wildman–Crippen MR) is 103 cm³/mol. The van der Waals surface area contributed by atoms with Gasteiger partial charge in [-0.3, -0.25) is 14.8 Å². The van der Waals surface area contributed by atoms with Gasteiger partial charge in [-0.2, -0.15) is 0 Å². The lowest BCUT2D eigenvalue weighted by atomic mass is 10.2. The minimum Gasteiger partial charge on any atom is -0.364 e. The fourth-order valence-electron chi connectivity index (χ4n) is 2.63. The van der Waals surface area contributed by atoms with Gasteiger partial charge in [-0.25, -0.2) is 0 Å². The molecule has 4 aromatic rings. The summed E-state index contributed by atoms with van der Waals surface area (Å²) in [5.74, 6) is 0.252. The predicted octanol–water partition coefficient (Wildman–Crippen LogP) is 3.28. The highest BCUT2D eigenvalue weighted by atomic mass is 16.1. The van der Waals surface area contributed by atoms with Crippen LogP contribution in [0.4, 0.5) is 11.5 Å². The summed E-state index contributed by atoms with van der Waals surface area (Å²) >= 11 is 0. The Kier molecular flexibility index (Phi) is 4.65. The van der Waals surface area contributed by atoms with Crippen molar-refractivity contribution in [3.8, 4) is 0 Å². The molecule has 0 spiro atoms. The lowest BCUT2D eigenvalue weighted by Crippen LogP contribution is -2.15. The highest BCUT2D eigenvalue weighted by molar-refractivity contribution is 6.07. The van der Waals surface area contributed by atoms with Crippen molar-refractivity contribution in [1.29, 1.82) is 0 Å². The number of benzene rings is 1. The first kappa shape index (κ1) is 16.6. The zero-order valence-corrected chi connectivity index (χ0v) is 14.3. The van der Waals surface area contributed by atoms with Crippen LogP contribution in [0.15, 0.2) is 73.2 Å². The highest BCUT2D eigenvalue weighted by Gasteiger charge is 2.11. The highest BCUT2D eigenvalue weighted by Crippen LogP contribution is 2.21. The topological polar surface area (TPSA) is 92.7 Å². The van der Waals surface area contributed by atoms with E-state index in [-0.39, 0.29) is 11.6 Å². The zero-order chi connectivity index (χ0) is 18.5. The Morgan fingerprint density at radius 2 is 1.81 bits per heavy atom. The van der Waals surface area contributed by atoms with Crippen molar-refractivity contribution in [2.24, 2.45) is 0 Å². The zero-order valence-electron chi connectivity index (χ0n) is 14.3. The summed E-state index contributed by atoms with van der Waals surface area (Å²) in [6, 6.07) is 16.6.